The van der Waals surface area contributed by atoms with Crippen LogP contribution in [0.4, 0.5) is 14.5 Å². The van der Waals surface area contributed by atoms with Crippen molar-refractivity contribution in [3.63, 3.8) is 0 Å². The van der Waals surface area contributed by atoms with Crippen LogP contribution < -0.4 is 11.1 Å². The average Bonchev–Trinajstić information content (AvgIpc) is 1.96. The highest BCUT2D eigenvalue weighted by molar-refractivity contribution is 5.44. The number of rotatable bonds is 1. The third-order valence-electron chi connectivity index (χ3n) is 2.33. The normalized spacial score (nSPS) is 21.2. The van der Waals surface area contributed by atoms with E-state index in [-0.39, 0.29) is 6.04 Å². The van der Waals surface area contributed by atoms with Crippen molar-refractivity contribution in [2.75, 3.05) is 12.3 Å². The number of halogens is 2. The molecule has 1 fully saturated rings. The van der Waals surface area contributed by atoms with Crippen LogP contribution >= 0.6 is 0 Å². The average molecular weight is 184 g/mol. The Balaban J connectivity index is 2.37. The Labute approximate surface area is 74.7 Å². The molecule has 70 valence electrons. The van der Waals surface area contributed by atoms with Crippen molar-refractivity contribution in [1.82, 2.24) is 5.32 Å². The summed E-state index contributed by atoms with van der Waals surface area (Å²) < 4.78 is 25.9. The molecule has 13 heavy (non-hydrogen) atoms. The lowest BCUT2D eigenvalue weighted by atomic mass is 9.97. The summed E-state index contributed by atoms with van der Waals surface area (Å²) in [5.41, 5.74) is 5.37. The monoisotopic (exact) mass is 184 g/mol. The van der Waals surface area contributed by atoms with Gasteiger partial charge in [-0.05, 0) is 30.7 Å². The van der Waals surface area contributed by atoms with Crippen molar-refractivity contribution in [2.45, 2.75) is 12.5 Å². The summed E-state index contributed by atoms with van der Waals surface area (Å²) in [5.74, 6) is -1.35. The van der Waals surface area contributed by atoms with Crippen molar-refractivity contribution in [3.05, 3.63) is 29.3 Å². The lowest BCUT2D eigenvalue weighted by Gasteiger charge is -2.28. The lowest BCUT2D eigenvalue weighted by molar-refractivity contribution is 0.380. The molecule has 0 bridgehead atoms. The Kier molecular flexibility index (Phi) is 1.92. The maximum atomic E-state index is 13.0. The summed E-state index contributed by atoms with van der Waals surface area (Å²) in [6.45, 7) is 0.901. The van der Waals surface area contributed by atoms with E-state index in [9.17, 15) is 8.78 Å². The first kappa shape index (κ1) is 8.44. The number of nitrogens with one attached hydrogen (secondary N) is 1. The fourth-order valence-corrected chi connectivity index (χ4v) is 1.38. The second kappa shape index (κ2) is 2.96. The molecule has 2 rings (SSSR count). The van der Waals surface area contributed by atoms with Crippen LogP contribution in [0, 0.1) is 11.6 Å². The minimum absolute atomic E-state index is 0.0876. The standard InChI is InChI=1S/C9H10F2N2/c10-6-3-5(8-1-2-13-8)4-7(11)9(6)12/h3-4,8,13H,1-2,12H2. The second-order valence-electron chi connectivity index (χ2n) is 3.19. The predicted octanol–water partition coefficient (Wildman–Crippen LogP) is 1.58. The number of nitrogen functional groups attached to an aromatic ring is 1. The molecule has 0 spiro atoms. The minimum Gasteiger partial charge on any atom is -0.394 e. The fourth-order valence-electron chi connectivity index (χ4n) is 1.38. The first-order chi connectivity index (χ1) is 6.18. The van der Waals surface area contributed by atoms with E-state index in [2.05, 4.69) is 5.32 Å². The van der Waals surface area contributed by atoms with E-state index in [0.29, 0.717) is 5.56 Å². The summed E-state index contributed by atoms with van der Waals surface area (Å²) >= 11 is 0. The molecule has 0 radical (unpaired) electrons. The van der Waals surface area contributed by atoms with Crippen molar-refractivity contribution >= 4 is 5.69 Å². The van der Waals surface area contributed by atoms with E-state index in [0.717, 1.165) is 13.0 Å². The largest absolute Gasteiger partial charge is 0.394 e. The molecular weight excluding hydrogens is 174 g/mol. The molecule has 0 aliphatic carbocycles. The van der Waals surface area contributed by atoms with Gasteiger partial charge in [-0.3, -0.25) is 0 Å². The van der Waals surface area contributed by atoms with Gasteiger partial charge in [-0.15, -0.1) is 0 Å². The third kappa shape index (κ3) is 1.37. The van der Waals surface area contributed by atoms with Gasteiger partial charge in [-0.1, -0.05) is 0 Å². The van der Waals surface area contributed by atoms with E-state index in [1.54, 1.807) is 0 Å². The SMILES string of the molecule is Nc1c(F)cc(C2CCN2)cc1F. The van der Waals surface area contributed by atoms with Gasteiger partial charge in [0.15, 0.2) is 0 Å². The quantitative estimate of drug-likeness (QED) is 0.650. The van der Waals surface area contributed by atoms with Crippen LogP contribution in [0.5, 0.6) is 0 Å². The van der Waals surface area contributed by atoms with E-state index in [1.165, 1.54) is 12.1 Å². The van der Waals surface area contributed by atoms with Gasteiger partial charge in [0.1, 0.15) is 17.3 Å². The molecule has 1 saturated heterocycles. The van der Waals surface area contributed by atoms with E-state index in [4.69, 9.17) is 5.73 Å². The van der Waals surface area contributed by atoms with Gasteiger partial charge < -0.3 is 11.1 Å². The van der Waals surface area contributed by atoms with Gasteiger partial charge in [-0.2, -0.15) is 0 Å². The number of benzene rings is 1. The van der Waals surface area contributed by atoms with Gasteiger partial charge >= 0.3 is 0 Å². The zero-order valence-corrected chi connectivity index (χ0v) is 6.98. The summed E-state index contributed by atoms with van der Waals surface area (Å²) in [6, 6.07) is 2.66. The van der Waals surface area contributed by atoms with Gasteiger partial charge in [0.25, 0.3) is 0 Å². The van der Waals surface area contributed by atoms with Crippen molar-refractivity contribution < 1.29 is 8.78 Å². The van der Waals surface area contributed by atoms with E-state index < -0.39 is 17.3 Å². The summed E-state index contributed by atoms with van der Waals surface area (Å²) in [4.78, 5) is 0. The highest BCUT2D eigenvalue weighted by Crippen LogP contribution is 2.26. The Morgan fingerprint density at radius 3 is 2.23 bits per heavy atom. The van der Waals surface area contributed by atoms with Crippen LogP contribution in [0.25, 0.3) is 0 Å². The third-order valence-corrected chi connectivity index (χ3v) is 2.33. The number of anilines is 1. The molecule has 1 aliphatic heterocycles. The molecule has 1 aromatic rings. The lowest BCUT2D eigenvalue weighted by Crippen LogP contribution is -2.35. The first-order valence-corrected chi connectivity index (χ1v) is 4.16. The highest BCUT2D eigenvalue weighted by Gasteiger charge is 2.20. The zero-order valence-electron chi connectivity index (χ0n) is 6.98. The maximum absolute atomic E-state index is 13.0. The van der Waals surface area contributed by atoms with Crippen LogP contribution in [0.15, 0.2) is 12.1 Å². The van der Waals surface area contributed by atoms with Crippen molar-refractivity contribution in [1.29, 1.82) is 0 Å². The number of hydrogen-bond donors (Lipinski definition) is 2. The Morgan fingerprint density at radius 1 is 1.31 bits per heavy atom. The molecule has 1 unspecified atom stereocenters. The smallest absolute Gasteiger partial charge is 0.149 e. The Hall–Kier alpha value is -1.16. The van der Waals surface area contributed by atoms with Crippen molar-refractivity contribution in [3.8, 4) is 0 Å². The molecule has 4 heteroatoms. The van der Waals surface area contributed by atoms with Crippen LogP contribution in [0.3, 0.4) is 0 Å². The van der Waals surface area contributed by atoms with Crippen LogP contribution in [0.1, 0.15) is 18.0 Å². The predicted molar refractivity (Wildman–Crippen MR) is 46.1 cm³/mol. The van der Waals surface area contributed by atoms with Crippen molar-refractivity contribution in [2.24, 2.45) is 0 Å². The van der Waals surface area contributed by atoms with Gasteiger partial charge in [0.05, 0.1) is 0 Å². The van der Waals surface area contributed by atoms with Crippen LogP contribution in [0.2, 0.25) is 0 Å². The maximum Gasteiger partial charge on any atom is 0.149 e. The Morgan fingerprint density at radius 2 is 1.85 bits per heavy atom. The van der Waals surface area contributed by atoms with E-state index in [1.807, 2.05) is 0 Å². The molecule has 0 saturated carbocycles. The molecule has 1 aliphatic rings. The fraction of sp³-hybridized carbons (Fsp3) is 0.333. The number of nitrogens with two attached hydrogens (primary N) is 1. The van der Waals surface area contributed by atoms with Gasteiger partial charge in [0, 0.05) is 6.04 Å². The highest BCUT2D eigenvalue weighted by atomic mass is 19.1. The number of hydrogen-bond acceptors (Lipinski definition) is 2. The van der Waals surface area contributed by atoms with Gasteiger partial charge in [0.2, 0.25) is 0 Å². The summed E-state index contributed by atoms with van der Waals surface area (Å²) in [7, 11) is 0. The zero-order chi connectivity index (χ0) is 9.42. The van der Waals surface area contributed by atoms with Crippen LogP contribution in [-0.2, 0) is 0 Å². The summed E-state index contributed by atoms with van der Waals surface area (Å²) in [6.07, 6.45) is 0.919. The summed E-state index contributed by atoms with van der Waals surface area (Å²) in [5, 5.41) is 3.06. The molecule has 1 atom stereocenters. The molecule has 0 amide bonds. The minimum atomic E-state index is -0.677. The molecule has 1 aromatic carbocycles. The van der Waals surface area contributed by atoms with E-state index >= 15 is 0 Å². The molecule has 0 aromatic heterocycles. The molecule has 1 heterocycles. The second-order valence-corrected chi connectivity index (χ2v) is 3.19. The molecule has 2 nitrogen and oxygen atoms in total. The molecular formula is C9H10F2N2. The Bertz CT molecular complexity index is 311. The van der Waals surface area contributed by atoms with Crippen LogP contribution in [-0.4, -0.2) is 6.54 Å². The topological polar surface area (TPSA) is 38.0 Å². The molecule has 3 N–H and O–H groups in total. The van der Waals surface area contributed by atoms with Gasteiger partial charge in [-0.25, -0.2) is 8.78 Å². The first-order valence-electron chi connectivity index (χ1n) is 4.16.